The number of ether oxygens (including phenoxy) is 1. The van der Waals surface area contributed by atoms with E-state index in [1.807, 2.05) is 55.8 Å². The van der Waals surface area contributed by atoms with Crippen LogP contribution in [0.4, 0.5) is 4.79 Å². The van der Waals surface area contributed by atoms with E-state index in [1.54, 1.807) is 4.90 Å². The number of carbonyl (C=O) groups is 1. The van der Waals surface area contributed by atoms with E-state index in [2.05, 4.69) is 10.3 Å². The number of aromatic nitrogens is 2. The van der Waals surface area contributed by atoms with Crippen molar-refractivity contribution in [2.75, 3.05) is 19.6 Å². The van der Waals surface area contributed by atoms with E-state index in [4.69, 9.17) is 4.74 Å². The fraction of sp³-hybridized carbons (Fsp3) is 0.500. The van der Waals surface area contributed by atoms with Crippen LogP contribution in [0.25, 0.3) is 5.65 Å². The zero-order valence-corrected chi connectivity index (χ0v) is 13.2. The molecular formula is C16H22N4O2. The van der Waals surface area contributed by atoms with Gasteiger partial charge in [-0.05, 0) is 32.9 Å². The molecule has 1 fully saturated rings. The third kappa shape index (κ3) is 2.92. The Balaban J connectivity index is 1.91. The molecule has 6 heteroatoms. The van der Waals surface area contributed by atoms with E-state index in [-0.39, 0.29) is 12.1 Å². The fourth-order valence-corrected chi connectivity index (χ4v) is 2.71. The molecule has 1 atom stereocenters. The lowest BCUT2D eigenvalue weighted by Gasteiger charge is -2.36. The van der Waals surface area contributed by atoms with Gasteiger partial charge in [0.25, 0.3) is 0 Å². The second-order valence-corrected chi connectivity index (χ2v) is 6.51. The summed E-state index contributed by atoms with van der Waals surface area (Å²) in [6.07, 6.45) is 3.54. The van der Waals surface area contributed by atoms with Crippen molar-refractivity contribution >= 4 is 11.7 Å². The van der Waals surface area contributed by atoms with Gasteiger partial charge in [0.2, 0.25) is 0 Å². The molecule has 0 aromatic carbocycles. The molecule has 1 amide bonds. The van der Waals surface area contributed by atoms with Crippen LogP contribution in [0.1, 0.15) is 32.5 Å². The summed E-state index contributed by atoms with van der Waals surface area (Å²) < 4.78 is 7.57. The van der Waals surface area contributed by atoms with Crippen molar-refractivity contribution in [2.24, 2.45) is 0 Å². The first-order valence-electron chi connectivity index (χ1n) is 7.58. The summed E-state index contributed by atoms with van der Waals surface area (Å²) in [5, 5.41) is 3.34. The van der Waals surface area contributed by atoms with Crippen molar-refractivity contribution in [1.29, 1.82) is 0 Å². The maximum Gasteiger partial charge on any atom is 0.410 e. The smallest absolute Gasteiger partial charge is 0.410 e. The van der Waals surface area contributed by atoms with Crippen LogP contribution >= 0.6 is 0 Å². The van der Waals surface area contributed by atoms with Gasteiger partial charge < -0.3 is 14.5 Å². The van der Waals surface area contributed by atoms with Crippen molar-refractivity contribution < 1.29 is 9.53 Å². The Morgan fingerprint density at radius 1 is 1.41 bits per heavy atom. The molecule has 3 heterocycles. The van der Waals surface area contributed by atoms with E-state index in [9.17, 15) is 4.79 Å². The van der Waals surface area contributed by atoms with Crippen LogP contribution in [0, 0.1) is 0 Å². The average molecular weight is 302 g/mol. The standard InChI is InChI=1S/C16H22N4O2/c1-16(2,3)22-15(21)20-9-7-17-10-12(20)13-11-18-14-6-4-5-8-19(13)14/h4-6,8,11-12,17H,7,9-10H2,1-3H3. The Bertz CT molecular complexity index is 674. The Morgan fingerprint density at radius 3 is 3.00 bits per heavy atom. The molecule has 6 nitrogen and oxygen atoms in total. The van der Waals surface area contributed by atoms with E-state index in [0.717, 1.165) is 17.9 Å². The minimum atomic E-state index is -0.494. The molecule has 1 aliphatic heterocycles. The number of pyridine rings is 1. The van der Waals surface area contributed by atoms with Crippen LogP contribution in [0.5, 0.6) is 0 Å². The molecule has 22 heavy (non-hydrogen) atoms. The molecule has 0 saturated carbocycles. The lowest BCUT2D eigenvalue weighted by molar-refractivity contribution is 0.0112. The molecule has 3 rings (SSSR count). The van der Waals surface area contributed by atoms with Crippen LogP contribution < -0.4 is 5.32 Å². The van der Waals surface area contributed by atoms with Crippen molar-refractivity contribution in [1.82, 2.24) is 19.6 Å². The van der Waals surface area contributed by atoms with Crippen molar-refractivity contribution in [3.8, 4) is 0 Å². The van der Waals surface area contributed by atoms with Crippen LogP contribution in [0.15, 0.2) is 30.6 Å². The number of nitrogens with zero attached hydrogens (tertiary/aromatic N) is 3. The first kappa shape index (κ1) is 14.8. The molecule has 1 aliphatic rings. The molecule has 2 aromatic rings. The molecule has 1 N–H and O–H groups in total. The van der Waals surface area contributed by atoms with Gasteiger partial charge in [0, 0.05) is 25.8 Å². The minimum Gasteiger partial charge on any atom is -0.444 e. The molecule has 0 radical (unpaired) electrons. The predicted octanol–water partition coefficient (Wildman–Crippen LogP) is 2.22. The van der Waals surface area contributed by atoms with Crippen LogP contribution in [0.3, 0.4) is 0 Å². The number of piperazine rings is 1. The van der Waals surface area contributed by atoms with E-state index in [0.29, 0.717) is 13.1 Å². The Kier molecular flexibility index (Phi) is 3.78. The van der Waals surface area contributed by atoms with Gasteiger partial charge in [0.15, 0.2) is 0 Å². The SMILES string of the molecule is CC(C)(C)OC(=O)N1CCNCC1c1cnc2ccccn12. The highest BCUT2D eigenvalue weighted by Gasteiger charge is 2.32. The fourth-order valence-electron chi connectivity index (χ4n) is 2.71. The van der Waals surface area contributed by atoms with Gasteiger partial charge in [-0.1, -0.05) is 6.07 Å². The number of nitrogens with one attached hydrogen (secondary N) is 1. The molecule has 0 spiro atoms. The van der Waals surface area contributed by atoms with E-state index >= 15 is 0 Å². The van der Waals surface area contributed by atoms with Crippen LogP contribution in [-0.2, 0) is 4.74 Å². The highest BCUT2D eigenvalue weighted by atomic mass is 16.6. The summed E-state index contributed by atoms with van der Waals surface area (Å²) in [5.41, 5.74) is 1.38. The second-order valence-electron chi connectivity index (χ2n) is 6.51. The minimum absolute atomic E-state index is 0.0824. The second kappa shape index (κ2) is 5.61. The monoisotopic (exact) mass is 302 g/mol. The molecular weight excluding hydrogens is 280 g/mol. The van der Waals surface area contributed by atoms with Crippen molar-refractivity contribution in [3.05, 3.63) is 36.3 Å². The Morgan fingerprint density at radius 2 is 2.23 bits per heavy atom. The van der Waals surface area contributed by atoms with Gasteiger partial charge in [-0.15, -0.1) is 0 Å². The number of carbonyl (C=O) groups excluding carboxylic acids is 1. The summed E-state index contributed by atoms with van der Waals surface area (Å²) in [4.78, 5) is 18.7. The Labute approximate surface area is 130 Å². The summed E-state index contributed by atoms with van der Waals surface area (Å²) >= 11 is 0. The molecule has 2 aromatic heterocycles. The third-order valence-corrected chi connectivity index (χ3v) is 3.66. The predicted molar refractivity (Wildman–Crippen MR) is 83.7 cm³/mol. The zero-order chi connectivity index (χ0) is 15.7. The van der Waals surface area contributed by atoms with Crippen LogP contribution in [-0.4, -0.2) is 45.6 Å². The first-order valence-corrected chi connectivity index (χ1v) is 7.58. The average Bonchev–Trinajstić information content (AvgIpc) is 2.89. The van der Waals surface area contributed by atoms with E-state index < -0.39 is 5.60 Å². The number of amides is 1. The van der Waals surface area contributed by atoms with Gasteiger partial charge in [-0.25, -0.2) is 9.78 Å². The summed E-state index contributed by atoms with van der Waals surface area (Å²) in [6.45, 7) is 7.75. The van der Waals surface area contributed by atoms with Gasteiger partial charge in [-0.3, -0.25) is 4.90 Å². The number of imidazole rings is 1. The number of hydrogen-bond donors (Lipinski definition) is 1. The highest BCUT2D eigenvalue weighted by Crippen LogP contribution is 2.25. The largest absolute Gasteiger partial charge is 0.444 e. The van der Waals surface area contributed by atoms with Gasteiger partial charge in [0.05, 0.1) is 17.9 Å². The normalized spacial score (nSPS) is 19.4. The van der Waals surface area contributed by atoms with Crippen molar-refractivity contribution in [3.63, 3.8) is 0 Å². The summed E-state index contributed by atoms with van der Waals surface area (Å²) in [7, 11) is 0. The van der Waals surface area contributed by atoms with Gasteiger partial charge >= 0.3 is 6.09 Å². The molecule has 1 unspecified atom stereocenters. The summed E-state index contributed by atoms with van der Waals surface area (Å²) in [6, 6.07) is 5.79. The van der Waals surface area contributed by atoms with Gasteiger partial charge in [-0.2, -0.15) is 0 Å². The number of rotatable bonds is 1. The topological polar surface area (TPSA) is 58.9 Å². The lowest BCUT2D eigenvalue weighted by atomic mass is 10.1. The Hall–Kier alpha value is -2.08. The van der Waals surface area contributed by atoms with E-state index in [1.165, 1.54) is 0 Å². The maximum absolute atomic E-state index is 12.5. The molecule has 0 bridgehead atoms. The summed E-state index contributed by atoms with van der Waals surface area (Å²) in [5.74, 6) is 0. The third-order valence-electron chi connectivity index (χ3n) is 3.66. The van der Waals surface area contributed by atoms with Crippen molar-refractivity contribution in [2.45, 2.75) is 32.4 Å². The molecule has 1 saturated heterocycles. The zero-order valence-electron chi connectivity index (χ0n) is 13.2. The number of hydrogen-bond acceptors (Lipinski definition) is 4. The lowest BCUT2D eigenvalue weighted by Crippen LogP contribution is -2.50. The quantitative estimate of drug-likeness (QED) is 0.877. The van der Waals surface area contributed by atoms with Gasteiger partial charge in [0.1, 0.15) is 11.2 Å². The highest BCUT2D eigenvalue weighted by molar-refractivity contribution is 5.69. The maximum atomic E-state index is 12.5. The molecule has 0 aliphatic carbocycles. The molecule has 118 valence electrons. The first-order chi connectivity index (χ1) is 10.5. The van der Waals surface area contributed by atoms with Crippen LogP contribution in [0.2, 0.25) is 0 Å². The number of fused-ring (bicyclic) bond motifs is 1.